The number of halogens is 2. The molecule has 28 heavy (non-hydrogen) atoms. The molecule has 0 fully saturated rings. The first kappa shape index (κ1) is 24.6. The van der Waals surface area contributed by atoms with Crippen molar-refractivity contribution in [3.05, 3.63) is 35.8 Å². The molecular formula is C20H33FIN5O. The summed E-state index contributed by atoms with van der Waals surface area (Å²) in [6, 6.07) is 4.83. The van der Waals surface area contributed by atoms with Crippen LogP contribution < -0.4 is 10.6 Å². The van der Waals surface area contributed by atoms with Gasteiger partial charge in [0.2, 0.25) is 0 Å². The predicted octanol–water partition coefficient (Wildman–Crippen LogP) is 2.99. The first-order valence-electron chi connectivity index (χ1n) is 9.59. The molecule has 1 heterocycles. The number of ether oxygens (including phenoxy) is 1. The van der Waals surface area contributed by atoms with Gasteiger partial charge < -0.3 is 25.3 Å². The van der Waals surface area contributed by atoms with E-state index in [2.05, 4.69) is 39.5 Å². The molecule has 3 N–H and O–H groups in total. The van der Waals surface area contributed by atoms with E-state index >= 15 is 0 Å². The number of hydrogen-bond acceptors (Lipinski definition) is 3. The Kier molecular flexibility index (Phi) is 12.1. The highest BCUT2D eigenvalue weighted by molar-refractivity contribution is 14.0. The zero-order chi connectivity index (χ0) is 19.5. The van der Waals surface area contributed by atoms with Crippen LogP contribution in [-0.2, 0) is 11.2 Å². The van der Waals surface area contributed by atoms with Crippen molar-refractivity contribution in [1.82, 2.24) is 20.5 Å². The number of aromatic amines is 1. The number of aliphatic imine (C=N–C) groups is 1. The van der Waals surface area contributed by atoms with Crippen LogP contribution in [0.4, 0.5) is 4.39 Å². The Labute approximate surface area is 184 Å². The molecule has 0 saturated carbocycles. The van der Waals surface area contributed by atoms with Gasteiger partial charge in [0, 0.05) is 50.4 Å². The van der Waals surface area contributed by atoms with Gasteiger partial charge in [0.25, 0.3) is 0 Å². The molecule has 0 amide bonds. The van der Waals surface area contributed by atoms with E-state index in [1.165, 1.54) is 6.07 Å². The number of fused-ring (bicyclic) bond motifs is 1. The van der Waals surface area contributed by atoms with Crippen molar-refractivity contribution < 1.29 is 9.13 Å². The molecule has 2 aromatic rings. The molecule has 8 heteroatoms. The average Bonchev–Trinajstić information content (AvgIpc) is 3.05. The highest BCUT2D eigenvalue weighted by atomic mass is 127. The molecule has 2 rings (SSSR count). The number of likely N-dealkylation sites (N-methyl/N-ethyl adjacent to an activating group) is 1. The quantitative estimate of drug-likeness (QED) is 0.190. The number of rotatable bonds is 11. The minimum absolute atomic E-state index is 0. The summed E-state index contributed by atoms with van der Waals surface area (Å²) < 4.78 is 18.6. The zero-order valence-corrected chi connectivity index (χ0v) is 19.4. The van der Waals surface area contributed by atoms with E-state index in [4.69, 9.17) is 4.74 Å². The summed E-state index contributed by atoms with van der Waals surface area (Å²) >= 11 is 0. The number of methoxy groups -OCH3 is 1. The minimum atomic E-state index is -0.207. The van der Waals surface area contributed by atoms with Gasteiger partial charge in [0.05, 0.1) is 6.61 Å². The van der Waals surface area contributed by atoms with Crippen LogP contribution in [0, 0.1) is 5.82 Å². The van der Waals surface area contributed by atoms with Gasteiger partial charge in [-0.3, -0.25) is 4.99 Å². The second-order valence-electron chi connectivity index (χ2n) is 6.59. The number of nitrogens with zero attached hydrogens (tertiary/aromatic N) is 2. The third-order valence-electron chi connectivity index (χ3n) is 4.41. The van der Waals surface area contributed by atoms with Crippen molar-refractivity contribution in [2.45, 2.75) is 19.8 Å². The molecule has 1 aromatic carbocycles. The Balaban J connectivity index is 0.00000392. The number of H-pyrrole nitrogens is 1. The fraction of sp³-hybridized carbons (Fsp3) is 0.550. The van der Waals surface area contributed by atoms with Crippen molar-refractivity contribution in [3.63, 3.8) is 0 Å². The van der Waals surface area contributed by atoms with Gasteiger partial charge in [-0.25, -0.2) is 4.39 Å². The van der Waals surface area contributed by atoms with E-state index in [1.807, 2.05) is 6.20 Å². The second kappa shape index (κ2) is 13.7. The smallest absolute Gasteiger partial charge is 0.191 e. The molecule has 0 spiro atoms. The number of nitrogens with one attached hydrogen (secondary N) is 3. The fourth-order valence-corrected chi connectivity index (χ4v) is 2.91. The van der Waals surface area contributed by atoms with Crippen LogP contribution >= 0.6 is 24.0 Å². The number of hydrogen-bond donors (Lipinski definition) is 3. The number of aromatic nitrogens is 1. The van der Waals surface area contributed by atoms with Gasteiger partial charge in [0.1, 0.15) is 5.82 Å². The molecular weight excluding hydrogens is 472 g/mol. The Hall–Kier alpha value is -1.39. The lowest BCUT2D eigenvalue weighted by atomic mass is 10.1. The normalized spacial score (nSPS) is 11.7. The van der Waals surface area contributed by atoms with Crippen molar-refractivity contribution in [2.24, 2.45) is 4.99 Å². The highest BCUT2D eigenvalue weighted by Crippen LogP contribution is 2.19. The van der Waals surface area contributed by atoms with Crippen LogP contribution in [0.2, 0.25) is 0 Å². The van der Waals surface area contributed by atoms with E-state index in [1.54, 1.807) is 19.2 Å². The Morgan fingerprint density at radius 3 is 2.86 bits per heavy atom. The van der Waals surface area contributed by atoms with Gasteiger partial charge in [0.15, 0.2) is 5.96 Å². The van der Waals surface area contributed by atoms with Crippen LogP contribution in [-0.4, -0.2) is 69.3 Å². The molecule has 6 nitrogen and oxygen atoms in total. The first-order valence-corrected chi connectivity index (χ1v) is 9.59. The average molecular weight is 505 g/mol. The summed E-state index contributed by atoms with van der Waals surface area (Å²) in [6.07, 6.45) is 3.75. The Bertz CT molecular complexity index is 722. The summed E-state index contributed by atoms with van der Waals surface area (Å²) in [7, 11) is 3.81. The summed E-state index contributed by atoms with van der Waals surface area (Å²) in [5.41, 5.74) is 2.07. The molecule has 1 aromatic heterocycles. The fourth-order valence-electron chi connectivity index (χ4n) is 2.91. The van der Waals surface area contributed by atoms with Crippen LogP contribution in [0.5, 0.6) is 0 Å². The van der Waals surface area contributed by atoms with Gasteiger partial charge >= 0.3 is 0 Å². The largest absolute Gasteiger partial charge is 0.383 e. The maximum absolute atomic E-state index is 13.5. The summed E-state index contributed by atoms with van der Waals surface area (Å²) in [6.45, 7) is 7.06. The van der Waals surface area contributed by atoms with E-state index in [0.717, 1.165) is 74.6 Å². The standard InChI is InChI=1S/C20H32FN5O.HI/c1-4-22-20(23-9-5-11-26(2)12-13-27-3)24-10-8-16-15-25-19-7-6-17(21)14-18(16)19;/h6-7,14-15,25H,4-5,8-13H2,1-3H3,(H2,22,23,24);1H. The van der Waals surface area contributed by atoms with Gasteiger partial charge in [-0.2, -0.15) is 0 Å². The predicted molar refractivity (Wildman–Crippen MR) is 125 cm³/mol. The summed E-state index contributed by atoms with van der Waals surface area (Å²) in [5.74, 6) is 0.616. The van der Waals surface area contributed by atoms with Gasteiger partial charge in [-0.1, -0.05) is 0 Å². The monoisotopic (exact) mass is 505 g/mol. The van der Waals surface area contributed by atoms with Crippen molar-refractivity contribution in [1.29, 1.82) is 0 Å². The van der Waals surface area contributed by atoms with Crippen molar-refractivity contribution in [3.8, 4) is 0 Å². The molecule has 0 aliphatic rings. The third-order valence-corrected chi connectivity index (χ3v) is 4.41. The zero-order valence-electron chi connectivity index (χ0n) is 17.1. The van der Waals surface area contributed by atoms with Crippen molar-refractivity contribution >= 4 is 40.8 Å². The molecule has 0 radical (unpaired) electrons. The van der Waals surface area contributed by atoms with Crippen LogP contribution in [0.3, 0.4) is 0 Å². The van der Waals surface area contributed by atoms with E-state index in [9.17, 15) is 4.39 Å². The third kappa shape index (κ3) is 8.32. The molecule has 0 unspecified atom stereocenters. The van der Waals surface area contributed by atoms with Crippen molar-refractivity contribution in [2.75, 3.05) is 53.5 Å². The van der Waals surface area contributed by atoms with E-state index in [-0.39, 0.29) is 29.8 Å². The van der Waals surface area contributed by atoms with Crippen LogP contribution in [0.25, 0.3) is 10.9 Å². The van der Waals surface area contributed by atoms with E-state index < -0.39 is 0 Å². The van der Waals surface area contributed by atoms with E-state index in [0.29, 0.717) is 0 Å². The maximum atomic E-state index is 13.5. The molecule has 0 bridgehead atoms. The van der Waals surface area contributed by atoms with Gasteiger partial charge in [-0.15, -0.1) is 24.0 Å². The molecule has 0 saturated heterocycles. The number of benzene rings is 1. The minimum Gasteiger partial charge on any atom is -0.383 e. The first-order chi connectivity index (χ1) is 13.1. The maximum Gasteiger partial charge on any atom is 0.191 e. The van der Waals surface area contributed by atoms with Crippen LogP contribution in [0.15, 0.2) is 29.4 Å². The van der Waals surface area contributed by atoms with Gasteiger partial charge in [-0.05, 0) is 57.1 Å². The Morgan fingerprint density at radius 2 is 2.11 bits per heavy atom. The lowest BCUT2D eigenvalue weighted by Gasteiger charge is -2.15. The summed E-state index contributed by atoms with van der Waals surface area (Å²) in [4.78, 5) is 10.1. The lowest BCUT2D eigenvalue weighted by Crippen LogP contribution is -2.38. The topological polar surface area (TPSA) is 64.7 Å². The second-order valence-corrected chi connectivity index (χ2v) is 6.59. The lowest BCUT2D eigenvalue weighted by molar-refractivity contribution is 0.161. The SMILES string of the molecule is CCNC(=NCCCN(C)CCOC)NCCc1c[nH]c2ccc(F)cc12.I. The molecule has 0 atom stereocenters. The van der Waals surface area contributed by atoms with Crippen LogP contribution in [0.1, 0.15) is 18.9 Å². The number of guanidine groups is 1. The summed E-state index contributed by atoms with van der Waals surface area (Å²) in [5, 5.41) is 7.57. The molecule has 0 aliphatic heterocycles. The molecule has 158 valence electrons. The highest BCUT2D eigenvalue weighted by Gasteiger charge is 2.05. The molecule has 0 aliphatic carbocycles. The Morgan fingerprint density at radius 1 is 1.29 bits per heavy atom.